The van der Waals surface area contributed by atoms with E-state index in [0.717, 1.165) is 0 Å². The minimum Gasteiger partial charge on any atom is -0.0695 e. The van der Waals surface area contributed by atoms with Gasteiger partial charge in [-0.05, 0) is 63.5 Å². The molecule has 0 aromatic heterocycles. The van der Waals surface area contributed by atoms with Gasteiger partial charge in [-0.15, -0.1) is 0 Å². The normalized spacial score (nSPS) is 19.1. The smallest absolute Gasteiger partial charge is 0.0277 e. The first-order chi connectivity index (χ1) is 7.79. The predicted molar refractivity (Wildman–Crippen MR) is 75.8 cm³/mol. The third kappa shape index (κ3) is 3.81. The molecule has 0 aliphatic heterocycles. The quantitative estimate of drug-likeness (QED) is 0.469. The Kier molecular flexibility index (Phi) is 8.33. The minimum atomic E-state index is 1.32. The maximum absolute atomic E-state index is 2.33. The molecule has 0 atom stereocenters. The highest BCUT2D eigenvalue weighted by atomic mass is 14.2. The van der Waals surface area contributed by atoms with Gasteiger partial charge in [0.05, 0.1) is 0 Å². The summed E-state index contributed by atoms with van der Waals surface area (Å²) in [5, 5.41) is 0. The van der Waals surface area contributed by atoms with E-state index in [1.54, 1.807) is 22.3 Å². The maximum atomic E-state index is 2.33. The molecule has 2 aliphatic rings. The van der Waals surface area contributed by atoms with Gasteiger partial charge in [-0.3, -0.25) is 0 Å². The van der Waals surface area contributed by atoms with E-state index in [-0.39, 0.29) is 0 Å². The van der Waals surface area contributed by atoms with Crippen LogP contribution < -0.4 is 0 Å². The second-order valence-corrected chi connectivity index (χ2v) is 4.22. The highest BCUT2D eigenvalue weighted by molar-refractivity contribution is 5.42. The first-order valence-electron chi connectivity index (χ1n) is 7.16. The molecule has 16 heavy (non-hydrogen) atoms. The van der Waals surface area contributed by atoms with Crippen molar-refractivity contribution in [2.45, 2.75) is 80.1 Å². The van der Waals surface area contributed by atoms with E-state index in [4.69, 9.17) is 0 Å². The van der Waals surface area contributed by atoms with Crippen LogP contribution in [0.2, 0.25) is 0 Å². The Labute approximate surface area is 103 Å². The minimum absolute atomic E-state index is 1.32. The van der Waals surface area contributed by atoms with Crippen molar-refractivity contribution in [2.75, 3.05) is 0 Å². The highest BCUT2D eigenvalue weighted by Crippen LogP contribution is 2.38. The van der Waals surface area contributed by atoms with Crippen molar-refractivity contribution in [3.8, 4) is 0 Å². The van der Waals surface area contributed by atoms with Crippen molar-refractivity contribution in [2.24, 2.45) is 0 Å². The van der Waals surface area contributed by atoms with E-state index >= 15 is 0 Å². The van der Waals surface area contributed by atoms with Crippen LogP contribution in [0.4, 0.5) is 0 Å². The van der Waals surface area contributed by atoms with E-state index in [1.807, 2.05) is 27.7 Å². The number of hydrogen-bond donors (Lipinski definition) is 0. The second kappa shape index (κ2) is 8.61. The van der Waals surface area contributed by atoms with Crippen LogP contribution in [0.3, 0.4) is 0 Å². The number of rotatable bonds is 0. The monoisotopic (exact) mass is 222 g/mol. The number of allylic oxidation sites excluding steroid dienone is 4. The van der Waals surface area contributed by atoms with Crippen LogP contribution in [-0.2, 0) is 0 Å². The summed E-state index contributed by atoms with van der Waals surface area (Å²) in [6.45, 7) is 12.7. The molecule has 94 valence electrons. The topological polar surface area (TPSA) is 0 Å². The molecule has 0 nitrogen and oxygen atoms in total. The molecule has 0 spiro atoms. The summed E-state index contributed by atoms with van der Waals surface area (Å²) in [6, 6.07) is 0. The molecule has 0 amide bonds. The summed E-state index contributed by atoms with van der Waals surface area (Å²) in [5.74, 6) is 0. The third-order valence-corrected chi connectivity index (χ3v) is 3.37. The Hall–Kier alpha value is -0.520. The van der Waals surface area contributed by atoms with E-state index in [9.17, 15) is 0 Å². The molecule has 0 unspecified atom stereocenters. The highest BCUT2D eigenvalue weighted by Gasteiger charge is 2.19. The van der Waals surface area contributed by atoms with E-state index < -0.39 is 0 Å². The summed E-state index contributed by atoms with van der Waals surface area (Å²) >= 11 is 0. The van der Waals surface area contributed by atoms with Crippen molar-refractivity contribution >= 4 is 0 Å². The van der Waals surface area contributed by atoms with Crippen LogP contribution in [0.5, 0.6) is 0 Å². The van der Waals surface area contributed by atoms with Gasteiger partial charge in [0, 0.05) is 0 Å². The Morgan fingerprint density at radius 3 is 1.19 bits per heavy atom. The zero-order chi connectivity index (χ0) is 12.6. The lowest BCUT2D eigenvalue weighted by Crippen LogP contribution is -2.08. The van der Waals surface area contributed by atoms with Gasteiger partial charge in [-0.25, -0.2) is 0 Å². The Bertz CT molecular complexity index is 225. The fourth-order valence-electron chi connectivity index (χ4n) is 2.52. The molecule has 2 aliphatic carbocycles. The average Bonchev–Trinajstić information content (AvgIpc) is 2.39. The van der Waals surface area contributed by atoms with Gasteiger partial charge in [0.15, 0.2) is 0 Å². The van der Waals surface area contributed by atoms with Crippen LogP contribution in [0.15, 0.2) is 22.3 Å². The lowest BCUT2D eigenvalue weighted by atomic mass is 9.79. The molecule has 0 bridgehead atoms. The van der Waals surface area contributed by atoms with E-state index in [1.165, 1.54) is 38.5 Å². The van der Waals surface area contributed by atoms with Gasteiger partial charge in [0.1, 0.15) is 0 Å². The summed E-state index contributed by atoms with van der Waals surface area (Å²) in [7, 11) is 0. The zero-order valence-electron chi connectivity index (χ0n) is 12.2. The first kappa shape index (κ1) is 15.5. The van der Waals surface area contributed by atoms with Crippen molar-refractivity contribution in [3.63, 3.8) is 0 Å². The van der Waals surface area contributed by atoms with Crippen LogP contribution in [-0.4, -0.2) is 0 Å². The molecule has 0 aromatic carbocycles. The van der Waals surface area contributed by atoms with Crippen LogP contribution in [0.1, 0.15) is 80.1 Å². The Balaban J connectivity index is 0.000000509. The third-order valence-electron chi connectivity index (χ3n) is 3.37. The van der Waals surface area contributed by atoms with Gasteiger partial charge < -0.3 is 0 Å². The molecular formula is C16H30. The van der Waals surface area contributed by atoms with Gasteiger partial charge >= 0.3 is 0 Å². The predicted octanol–water partition coefficient (Wildman–Crippen LogP) is 6.04. The lowest BCUT2D eigenvalue weighted by Gasteiger charge is -2.27. The Morgan fingerprint density at radius 1 is 0.562 bits per heavy atom. The molecule has 0 heteroatoms. The average molecular weight is 222 g/mol. The summed E-state index contributed by atoms with van der Waals surface area (Å²) in [6.07, 6.45) is 8.21. The molecule has 0 saturated heterocycles. The molecule has 0 heterocycles. The SMILES string of the molecule is CC.CC.CC1=C2CCCCC2=C(C)CC1. The largest absolute Gasteiger partial charge is 0.0695 e. The van der Waals surface area contributed by atoms with E-state index in [2.05, 4.69) is 13.8 Å². The molecule has 0 radical (unpaired) electrons. The molecule has 2 rings (SSSR count). The van der Waals surface area contributed by atoms with Gasteiger partial charge in [-0.2, -0.15) is 0 Å². The molecule has 1 saturated carbocycles. The molecule has 1 fully saturated rings. The summed E-state index contributed by atoms with van der Waals surface area (Å²) < 4.78 is 0. The zero-order valence-corrected chi connectivity index (χ0v) is 12.2. The fraction of sp³-hybridized carbons (Fsp3) is 0.750. The molecular weight excluding hydrogens is 192 g/mol. The van der Waals surface area contributed by atoms with Gasteiger partial charge in [0.2, 0.25) is 0 Å². The fourth-order valence-corrected chi connectivity index (χ4v) is 2.52. The van der Waals surface area contributed by atoms with Crippen molar-refractivity contribution in [3.05, 3.63) is 22.3 Å². The van der Waals surface area contributed by atoms with Crippen LogP contribution >= 0.6 is 0 Å². The summed E-state index contributed by atoms with van der Waals surface area (Å²) in [4.78, 5) is 0. The lowest BCUT2D eigenvalue weighted by molar-refractivity contribution is 0.645. The van der Waals surface area contributed by atoms with Crippen LogP contribution in [0.25, 0.3) is 0 Å². The van der Waals surface area contributed by atoms with Gasteiger partial charge in [0.25, 0.3) is 0 Å². The van der Waals surface area contributed by atoms with E-state index in [0.29, 0.717) is 0 Å². The standard InChI is InChI=1S/C12H18.2C2H6/c1-9-7-8-10(2)12-6-4-3-5-11(9)12;2*1-2/h3-8H2,1-2H3;2*1-2H3. The number of hydrogen-bond acceptors (Lipinski definition) is 0. The van der Waals surface area contributed by atoms with Gasteiger partial charge in [-0.1, -0.05) is 38.8 Å². The molecule has 0 N–H and O–H groups in total. The summed E-state index contributed by atoms with van der Waals surface area (Å²) in [5.41, 5.74) is 6.81. The van der Waals surface area contributed by atoms with Crippen molar-refractivity contribution < 1.29 is 0 Å². The first-order valence-corrected chi connectivity index (χ1v) is 7.16. The van der Waals surface area contributed by atoms with Crippen molar-refractivity contribution in [1.82, 2.24) is 0 Å². The molecule has 0 aromatic rings. The number of fused-ring (bicyclic) bond motifs is 1. The second-order valence-electron chi connectivity index (χ2n) is 4.22. The van der Waals surface area contributed by atoms with Crippen LogP contribution in [0, 0.1) is 0 Å². The van der Waals surface area contributed by atoms with Crippen molar-refractivity contribution in [1.29, 1.82) is 0 Å². The maximum Gasteiger partial charge on any atom is -0.0277 e. The Morgan fingerprint density at radius 2 is 0.875 bits per heavy atom.